The second-order valence-corrected chi connectivity index (χ2v) is 7.47. The monoisotopic (exact) mass is 428 g/mol. The van der Waals surface area contributed by atoms with E-state index in [0.717, 1.165) is 28.0 Å². The number of amides is 1. The lowest BCUT2D eigenvalue weighted by atomic mass is 10.1. The maximum Gasteiger partial charge on any atom is 0.416 e. The fourth-order valence-electron chi connectivity index (χ4n) is 2.82. The zero-order valence-electron chi connectivity index (χ0n) is 15.4. The number of fused-ring (bicyclic) bond motifs is 1. The van der Waals surface area contributed by atoms with Gasteiger partial charge in [-0.15, -0.1) is 0 Å². The number of carbonyl (C=O) groups excluding carboxylic acids is 1. The topological polar surface area (TPSA) is 66.9 Å². The summed E-state index contributed by atoms with van der Waals surface area (Å²) in [6, 6.07) is 13.6. The van der Waals surface area contributed by atoms with Crippen molar-refractivity contribution in [3.05, 3.63) is 83.7 Å². The van der Waals surface area contributed by atoms with E-state index in [-0.39, 0.29) is 12.5 Å². The van der Waals surface area contributed by atoms with E-state index >= 15 is 0 Å². The average Bonchev–Trinajstić information content (AvgIpc) is 3.13. The molecule has 9 heteroatoms. The van der Waals surface area contributed by atoms with Gasteiger partial charge in [0.2, 0.25) is 0 Å². The van der Waals surface area contributed by atoms with Crippen molar-refractivity contribution in [3.63, 3.8) is 0 Å². The molecule has 1 amide bonds. The Morgan fingerprint density at radius 1 is 1.03 bits per heavy atom. The number of hydrogen-bond acceptors (Lipinski definition) is 5. The molecule has 0 saturated heterocycles. The molecule has 0 spiro atoms. The fraction of sp³-hybridized carbons (Fsp3) is 0.0952. The third-order valence-electron chi connectivity index (χ3n) is 4.29. The summed E-state index contributed by atoms with van der Waals surface area (Å²) < 4.78 is 39.3. The van der Waals surface area contributed by atoms with Gasteiger partial charge >= 0.3 is 6.18 Å². The molecule has 4 aromatic rings. The first-order valence-electron chi connectivity index (χ1n) is 8.90. The van der Waals surface area contributed by atoms with Crippen LogP contribution in [0.5, 0.6) is 0 Å². The SMILES string of the molecule is O=C(NCc1cccc(C(F)(F)F)c1)c1ccc2nc(Nc3ccncc3)sc2c1. The number of hydrogen-bond donors (Lipinski definition) is 2. The Morgan fingerprint density at radius 3 is 2.60 bits per heavy atom. The van der Waals surface area contributed by atoms with E-state index in [1.165, 1.54) is 17.4 Å². The maximum absolute atomic E-state index is 12.8. The van der Waals surface area contributed by atoms with Gasteiger partial charge in [0.1, 0.15) is 0 Å². The molecule has 0 radical (unpaired) electrons. The Bertz CT molecular complexity index is 1190. The minimum Gasteiger partial charge on any atom is -0.348 e. The molecular formula is C21H15F3N4OS. The minimum absolute atomic E-state index is 0.00166. The second-order valence-electron chi connectivity index (χ2n) is 6.44. The summed E-state index contributed by atoms with van der Waals surface area (Å²) in [5, 5.41) is 6.52. The summed E-state index contributed by atoms with van der Waals surface area (Å²) in [7, 11) is 0. The Balaban J connectivity index is 1.46. The van der Waals surface area contributed by atoms with Crippen molar-refractivity contribution in [2.24, 2.45) is 0 Å². The maximum atomic E-state index is 12.8. The Hall–Kier alpha value is -3.46. The highest BCUT2D eigenvalue weighted by Crippen LogP contribution is 2.30. The number of alkyl halides is 3. The van der Waals surface area contributed by atoms with E-state index in [9.17, 15) is 18.0 Å². The number of aromatic nitrogens is 2. The van der Waals surface area contributed by atoms with E-state index in [0.29, 0.717) is 16.3 Å². The largest absolute Gasteiger partial charge is 0.416 e. The van der Waals surface area contributed by atoms with Crippen LogP contribution in [0.15, 0.2) is 67.0 Å². The van der Waals surface area contributed by atoms with Gasteiger partial charge in [-0.05, 0) is 48.0 Å². The predicted octanol–water partition coefficient (Wildman–Crippen LogP) is 5.38. The number of thiazole rings is 1. The molecule has 5 nitrogen and oxygen atoms in total. The lowest BCUT2D eigenvalue weighted by Gasteiger charge is -2.09. The van der Waals surface area contributed by atoms with Gasteiger partial charge in [-0.2, -0.15) is 13.2 Å². The zero-order chi connectivity index (χ0) is 21.1. The Labute approximate surface area is 173 Å². The molecule has 2 N–H and O–H groups in total. The molecule has 2 aromatic heterocycles. The minimum atomic E-state index is -4.42. The summed E-state index contributed by atoms with van der Waals surface area (Å²) in [6.45, 7) is -0.00166. The quantitative estimate of drug-likeness (QED) is 0.448. The molecule has 0 aliphatic heterocycles. The van der Waals surface area contributed by atoms with Crippen LogP contribution in [0.2, 0.25) is 0 Å². The number of benzene rings is 2. The number of nitrogens with zero attached hydrogens (tertiary/aromatic N) is 2. The normalized spacial score (nSPS) is 11.4. The fourth-order valence-corrected chi connectivity index (χ4v) is 3.75. The molecule has 152 valence electrons. The van der Waals surface area contributed by atoms with Gasteiger partial charge in [-0.3, -0.25) is 9.78 Å². The highest BCUT2D eigenvalue weighted by molar-refractivity contribution is 7.22. The molecule has 0 atom stereocenters. The van der Waals surface area contributed by atoms with Gasteiger partial charge in [0.15, 0.2) is 5.13 Å². The van der Waals surface area contributed by atoms with Crippen LogP contribution in [-0.2, 0) is 12.7 Å². The van der Waals surface area contributed by atoms with Crippen LogP contribution in [0.25, 0.3) is 10.2 Å². The van der Waals surface area contributed by atoms with Gasteiger partial charge in [0, 0.05) is 30.2 Å². The van der Waals surface area contributed by atoms with E-state index in [1.807, 2.05) is 12.1 Å². The van der Waals surface area contributed by atoms with Crippen molar-refractivity contribution in [3.8, 4) is 0 Å². The first-order valence-corrected chi connectivity index (χ1v) is 9.72. The Morgan fingerprint density at radius 2 is 1.83 bits per heavy atom. The van der Waals surface area contributed by atoms with Crippen LogP contribution in [0.3, 0.4) is 0 Å². The second kappa shape index (κ2) is 8.11. The van der Waals surface area contributed by atoms with Crippen molar-refractivity contribution in [1.29, 1.82) is 0 Å². The molecule has 0 aliphatic rings. The summed E-state index contributed by atoms with van der Waals surface area (Å²) in [5.74, 6) is -0.369. The lowest BCUT2D eigenvalue weighted by molar-refractivity contribution is -0.137. The van der Waals surface area contributed by atoms with Crippen molar-refractivity contribution < 1.29 is 18.0 Å². The molecule has 0 saturated carbocycles. The molecule has 0 aliphatic carbocycles. The van der Waals surface area contributed by atoms with Crippen LogP contribution in [0.1, 0.15) is 21.5 Å². The van der Waals surface area contributed by atoms with Gasteiger partial charge in [0.25, 0.3) is 5.91 Å². The summed E-state index contributed by atoms with van der Waals surface area (Å²) >= 11 is 1.40. The number of nitrogens with one attached hydrogen (secondary N) is 2. The third-order valence-corrected chi connectivity index (χ3v) is 5.22. The predicted molar refractivity (Wildman–Crippen MR) is 110 cm³/mol. The number of rotatable bonds is 5. The van der Waals surface area contributed by atoms with Crippen LogP contribution in [-0.4, -0.2) is 15.9 Å². The van der Waals surface area contributed by atoms with Crippen LogP contribution in [0.4, 0.5) is 24.0 Å². The highest BCUT2D eigenvalue weighted by Gasteiger charge is 2.30. The number of carbonyl (C=O) groups is 1. The van der Waals surface area contributed by atoms with Gasteiger partial charge in [-0.25, -0.2) is 4.98 Å². The first-order chi connectivity index (χ1) is 14.4. The summed E-state index contributed by atoms with van der Waals surface area (Å²) in [4.78, 5) is 20.9. The van der Waals surface area contributed by atoms with Crippen molar-refractivity contribution in [2.75, 3.05) is 5.32 Å². The third kappa shape index (κ3) is 4.57. The van der Waals surface area contributed by atoms with E-state index in [4.69, 9.17) is 0 Å². The van der Waals surface area contributed by atoms with Crippen LogP contribution >= 0.6 is 11.3 Å². The molecule has 2 heterocycles. The lowest BCUT2D eigenvalue weighted by Crippen LogP contribution is -2.22. The molecule has 0 fully saturated rings. The first kappa shape index (κ1) is 19.8. The number of halogens is 3. The molecule has 0 bridgehead atoms. The molecule has 4 rings (SSSR count). The van der Waals surface area contributed by atoms with Gasteiger partial charge in [-0.1, -0.05) is 23.5 Å². The smallest absolute Gasteiger partial charge is 0.348 e. The van der Waals surface area contributed by atoms with Crippen LogP contribution < -0.4 is 10.6 Å². The van der Waals surface area contributed by atoms with Crippen molar-refractivity contribution in [2.45, 2.75) is 12.7 Å². The van der Waals surface area contributed by atoms with Crippen LogP contribution in [0, 0.1) is 0 Å². The summed E-state index contributed by atoms with van der Waals surface area (Å²) in [6.07, 6.45) is -1.08. The average molecular weight is 428 g/mol. The number of anilines is 2. The van der Waals surface area contributed by atoms with E-state index in [1.54, 1.807) is 36.7 Å². The highest BCUT2D eigenvalue weighted by atomic mass is 32.1. The van der Waals surface area contributed by atoms with Crippen molar-refractivity contribution in [1.82, 2.24) is 15.3 Å². The standard InChI is InChI=1S/C21H15F3N4OS/c22-21(23,24)15-3-1-2-13(10-15)12-26-19(29)14-4-5-17-18(11-14)30-20(28-17)27-16-6-8-25-9-7-16/h1-11H,12H2,(H,26,29)(H,25,27,28). The molecule has 0 unspecified atom stereocenters. The zero-order valence-corrected chi connectivity index (χ0v) is 16.2. The molecule has 2 aromatic carbocycles. The molecule has 30 heavy (non-hydrogen) atoms. The van der Waals surface area contributed by atoms with Crippen molar-refractivity contribution >= 4 is 38.3 Å². The molecular weight excluding hydrogens is 413 g/mol. The summed E-state index contributed by atoms with van der Waals surface area (Å²) in [5.41, 5.74) is 1.64. The van der Waals surface area contributed by atoms with Gasteiger partial charge in [0.05, 0.1) is 15.8 Å². The van der Waals surface area contributed by atoms with E-state index in [2.05, 4.69) is 20.6 Å². The van der Waals surface area contributed by atoms with E-state index < -0.39 is 11.7 Å². The number of pyridine rings is 1. The Kier molecular flexibility index (Phi) is 5.37. The van der Waals surface area contributed by atoms with Gasteiger partial charge < -0.3 is 10.6 Å².